The van der Waals surface area contributed by atoms with Crippen molar-refractivity contribution in [3.63, 3.8) is 0 Å². The highest BCUT2D eigenvalue weighted by Gasteiger charge is 2.27. The van der Waals surface area contributed by atoms with Crippen molar-refractivity contribution < 1.29 is 18.7 Å². The van der Waals surface area contributed by atoms with E-state index in [1.807, 2.05) is 4.90 Å². The van der Waals surface area contributed by atoms with Crippen molar-refractivity contribution in [3.8, 4) is 22.1 Å². The van der Waals surface area contributed by atoms with Crippen LogP contribution in [-0.4, -0.2) is 67.1 Å². The number of nitrogens with zero attached hydrogens (tertiary/aromatic N) is 3. The fourth-order valence-electron chi connectivity index (χ4n) is 3.33. The van der Waals surface area contributed by atoms with Crippen LogP contribution >= 0.6 is 11.3 Å². The minimum atomic E-state index is -0.491. The van der Waals surface area contributed by atoms with Gasteiger partial charge in [-0.1, -0.05) is 0 Å². The van der Waals surface area contributed by atoms with E-state index < -0.39 is 5.82 Å². The molecule has 1 amide bonds. The number of aryl methyl sites for hydroxylation is 1. The number of halogens is 1. The Morgan fingerprint density at radius 3 is 2.43 bits per heavy atom. The van der Waals surface area contributed by atoms with Crippen LogP contribution < -0.4 is 9.47 Å². The van der Waals surface area contributed by atoms with Crippen LogP contribution in [0.2, 0.25) is 0 Å². The summed E-state index contributed by atoms with van der Waals surface area (Å²) in [6, 6.07) is 3.38. The number of aromatic nitrogens is 1. The van der Waals surface area contributed by atoms with Crippen molar-refractivity contribution in [2.24, 2.45) is 0 Å². The Labute approximate surface area is 168 Å². The minimum absolute atomic E-state index is 0.0439. The van der Waals surface area contributed by atoms with Gasteiger partial charge in [0.2, 0.25) is 0 Å². The summed E-state index contributed by atoms with van der Waals surface area (Å²) in [6.07, 6.45) is 0. The maximum absolute atomic E-state index is 14.7. The van der Waals surface area contributed by atoms with E-state index in [1.165, 1.54) is 31.6 Å². The molecule has 1 fully saturated rings. The highest BCUT2D eigenvalue weighted by atomic mass is 32.1. The summed E-state index contributed by atoms with van der Waals surface area (Å²) < 4.78 is 25.1. The standard InChI is InChI=1S/C20H26FN3O3S/c1-12(2)23-6-8-24(9-7-23)20(25)18-13(3)22-19(28-18)17-15(21)10-14(26-4)11-16(17)27-5/h10-12H,6-9H2,1-5H3. The molecule has 8 heteroatoms. The van der Waals surface area contributed by atoms with Gasteiger partial charge in [-0.25, -0.2) is 9.37 Å². The molecule has 0 N–H and O–H groups in total. The molecule has 1 aliphatic rings. The number of amides is 1. The molecule has 28 heavy (non-hydrogen) atoms. The zero-order valence-electron chi connectivity index (χ0n) is 16.9. The number of carbonyl (C=O) groups is 1. The lowest BCUT2D eigenvalue weighted by Crippen LogP contribution is -2.50. The van der Waals surface area contributed by atoms with Crippen molar-refractivity contribution in [3.05, 3.63) is 28.5 Å². The Hall–Kier alpha value is -2.19. The average Bonchev–Trinajstić information content (AvgIpc) is 3.07. The molecule has 0 radical (unpaired) electrons. The van der Waals surface area contributed by atoms with Crippen LogP contribution in [0.1, 0.15) is 29.2 Å². The van der Waals surface area contributed by atoms with Gasteiger partial charge in [0, 0.05) is 44.4 Å². The number of ether oxygens (including phenoxy) is 2. The topological polar surface area (TPSA) is 54.9 Å². The Balaban J connectivity index is 1.87. The maximum Gasteiger partial charge on any atom is 0.265 e. The lowest BCUT2D eigenvalue weighted by atomic mass is 10.2. The number of thiazole rings is 1. The molecule has 2 aromatic rings. The first kappa shape index (κ1) is 20.5. The SMILES string of the molecule is COc1cc(F)c(-c2nc(C)c(C(=O)N3CCN(C(C)C)CC3)s2)c(OC)c1. The summed E-state index contributed by atoms with van der Waals surface area (Å²) >= 11 is 1.20. The highest BCUT2D eigenvalue weighted by Crippen LogP contribution is 2.39. The second-order valence-electron chi connectivity index (χ2n) is 7.04. The van der Waals surface area contributed by atoms with Gasteiger partial charge >= 0.3 is 0 Å². The van der Waals surface area contributed by atoms with E-state index in [2.05, 4.69) is 23.7 Å². The molecule has 0 atom stereocenters. The Morgan fingerprint density at radius 2 is 1.86 bits per heavy atom. The molecular weight excluding hydrogens is 381 g/mol. The van der Waals surface area contributed by atoms with Crippen molar-refractivity contribution in [1.29, 1.82) is 0 Å². The number of hydrogen-bond acceptors (Lipinski definition) is 6. The molecular formula is C20H26FN3O3S. The lowest BCUT2D eigenvalue weighted by molar-refractivity contribution is 0.0599. The van der Waals surface area contributed by atoms with Crippen LogP contribution in [0.15, 0.2) is 12.1 Å². The molecule has 0 bridgehead atoms. The fourth-order valence-corrected chi connectivity index (χ4v) is 4.42. The normalized spacial score (nSPS) is 15.2. The van der Waals surface area contributed by atoms with E-state index in [0.717, 1.165) is 13.1 Å². The van der Waals surface area contributed by atoms with E-state index in [-0.39, 0.29) is 11.5 Å². The van der Waals surface area contributed by atoms with Gasteiger partial charge in [-0.2, -0.15) is 0 Å². The molecule has 0 aliphatic carbocycles. The molecule has 1 saturated heterocycles. The second-order valence-corrected chi connectivity index (χ2v) is 8.04. The first-order valence-electron chi connectivity index (χ1n) is 9.28. The zero-order chi connectivity index (χ0) is 20.4. The van der Waals surface area contributed by atoms with Gasteiger partial charge in [-0.15, -0.1) is 11.3 Å². The second kappa shape index (κ2) is 8.45. The molecule has 0 spiro atoms. The molecule has 3 rings (SSSR count). The van der Waals surface area contributed by atoms with Crippen LogP contribution in [0.4, 0.5) is 4.39 Å². The number of benzene rings is 1. The lowest BCUT2D eigenvalue weighted by Gasteiger charge is -2.36. The van der Waals surface area contributed by atoms with Crippen LogP contribution in [0.5, 0.6) is 11.5 Å². The van der Waals surface area contributed by atoms with E-state index >= 15 is 0 Å². The van der Waals surface area contributed by atoms with Crippen LogP contribution in [0.25, 0.3) is 10.6 Å². The first-order chi connectivity index (χ1) is 13.3. The third-order valence-electron chi connectivity index (χ3n) is 5.02. The van der Waals surface area contributed by atoms with Crippen molar-refractivity contribution in [2.45, 2.75) is 26.8 Å². The first-order valence-corrected chi connectivity index (χ1v) is 10.1. The van der Waals surface area contributed by atoms with Crippen LogP contribution in [0, 0.1) is 12.7 Å². The van der Waals surface area contributed by atoms with Crippen molar-refractivity contribution in [2.75, 3.05) is 40.4 Å². The zero-order valence-corrected chi connectivity index (χ0v) is 17.7. The smallest absolute Gasteiger partial charge is 0.265 e. The molecule has 1 aromatic heterocycles. The highest BCUT2D eigenvalue weighted by molar-refractivity contribution is 7.17. The molecule has 6 nitrogen and oxygen atoms in total. The van der Waals surface area contributed by atoms with Gasteiger partial charge in [0.25, 0.3) is 5.91 Å². The fraction of sp³-hybridized carbons (Fsp3) is 0.500. The van der Waals surface area contributed by atoms with Gasteiger partial charge < -0.3 is 14.4 Å². The predicted molar refractivity (Wildman–Crippen MR) is 108 cm³/mol. The van der Waals surface area contributed by atoms with Crippen LogP contribution in [-0.2, 0) is 0 Å². The van der Waals surface area contributed by atoms with E-state index in [0.29, 0.717) is 46.2 Å². The maximum atomic E-state index is 14.7. The number of carbonyl (C=O) groups excluding carboxylic acids is 1. The van der Waals surface area contributed by atoms with E-state index in [9.17, 15) is 9.18 Å². The summed E-state index contributed by atoms with van der Waals surface area (Å²) in [5.74, 6) is 0.160. The summed E-state index contributed by atoms with van der Waals surface area (Å²) in [6.45, 7) is 9.19. The van der Waals surface area contributed by atoms with E-state index in [1.54, 1.807) is 13.0 Å². The minimum Gasteiger partial charge on any atom is -0.497 e. The van der Waals surface area contributed by atoms with Crippen molar-refractivity contribution in [1.82, 2.24) is 14.8 Å². The van der Waals surface area contributed by atoms with Gasteiger partial charge in [-0.05, 0) is 20.8 Å². The van der Waals surface area contributed by atoms with Crippen LogP contribution in [0.3, 0.4) is 0 Å². The quantitative estimate of drug-likeness (QED) is 0.760. The largest absolute Gasteiger partial charge is 0.497 e. The molecule has 1 aliphatic heterocycles. The van der Waals surface area contributed by atoms with E-state index in [4.69, 9.17) is 9.47 Å². The number of piperazine rings is 1. The average molecular weight is 408 g/mol. The van der Waals surface area contributed by atoms with Gasteiger partial charge in [0.05, 0.1) is 25.5 Å². The summed E-state index contributed by atoms with van der Waals surface area (Å²) in [5.41, 5.74) is 0.855. The Bertz CT molecular complexity index is 861. The molecule has 152 valence electrons. The third-order valence-corrected chi connectivity index (χ3v) is 6.18. The third kappa shape index (κ3) is 3.98. The number of methoxy groups -OCH3 is 2. The molecule has 2 heterocycles. The molecule has 1 aromatic carbocycles. The molecule has 0 saturated carbocycles. The van der Waals surface area contributed by atoms with Crippen molar-refractivity contribution >= 4 is 17.2 Å². The van der Waals surface area contributed by atoms with Gasteiger partial charge in [0.15, 0.2) is 0 Å². The number of hydrogen-bond donors (Lipinski definition) is 0. The Morgan fingerprint density at radius 1 is 1.18 bits per heavy atom. The van der Waals surface area contributed by atoms with Gasteiger partial charge in [0.1, 0.15) is 27.2 Å². The molecule has 0 unspecified atom stereocenters. The van der Waals surface area contributed by atoms with Gasteiger partial charge in [-0.3, -0.25) is 9.69 Å². The summed E-state index contributed by atoms with van der Waals surface area (Å²) in [7, 11) is 2.94. The summed E-state index contributed by atoms with van der Waals surface area (Å²) in [4.78, 5) is 22.2. The predicted octanol–water partition coefficient (Wildman–Crippen LogP) is 3.44. The Kier molecular flexibility index (Phi) is 6.20. The monoisotopic (exact) mass is 407 g/mol. The summed E-state index contributed by atoms with van der Waals surface area (Å²) in [5, 5.41) is 0.429. The number of rotatable bonds is 5.